The van der Waals surface area contributed by atoms with Gasteiger partial charge in [-0.25, -0.2) is 4.98 Å². The number of anilines is 1. The van der Waals surface area contributed by atoms with E-state index in [1.165, 1.54) is 11.3 Å². The number of fused-ring (bicyclic) bond motifs is 1. The van der Waals surface area contributed by atoms with Gasteiger partial charge in [-0.15, -0.1) is 11.3 Å². The van der Waals surface area contributed by atoms with E-state index in [9.17, 15) is 9.59 Å². The predicted molar refractivity (Wildman–Crippen MR) is 84.3 cm³/mol. The average Bonchev–Trinajstić information content (AvgIpc) is 2.76. The van der Waals surface area contributed by atoms with Crippen LogP contribution in [0.5, 0.6) is 0 Å². The van der Waals surface area contributed by atoms with Crippen LogP contribution in [0.3, 0.4) is 0 Å². The van der Waals surface area contributed by atoms with Gasteiger partial charge in [0.05, 0.1) is 5.69 Å². The van der Waals surface area contributed by atoms with E-state index in [1.807, 2.05) is 19.9 Å². The highest BCUT2D eigenvalue weighted by atomic mass is 32.1. The van der Waals surface area contributed by atoms with Gasteiger partial charge in [-0.1, -0.05) is 0 Å². The second-order valence-electron chi connectivity index (χ2n) is 4.93. The van der Waals surface area contributed by atoms with Crippen molar-refractivity contribution in [3.63, 3.8) is 0 Å². The number of pyridine rings is 1. The van der Waals surface area contributed by atoms with Crippen molar-refractivity contribution in [1.29, 1.82) is 0 Å². The Hall–Kier alpha value is -2.15. The summed E-state index contributed by atoms with van der Waals surface area (Å²) in [6, 6.07) is 3.71. The van der Waals surface area contributed by atoms with Crippen molar-refractivity contribution in [1.82, 2.24) is 15.6 Å². The van der Waals surface area contributed by atoms with Gasteiger partial charge in [0.15, 0.2) is 0 Å². The summed E-state index contributed by atoms with van der Waals surface area (Å²) in [7, 11) is 0. The molecule has 0 saturated heterocycles. The molecular formula is C14H18N4O2S. The molecule has 0 bridgehead atoms. The smallest absolute Gasteiger partial charge is 0.263 e. The van der Waals surface area contributed by atoms with Crippen LogP contribution in [0, 0.1) is 0 Å². The first kappa shape index (κ1) is 15.2. The molecular weight excluding hydrogens is 288 g/mol. The lowest BCUT2D eigenvalue weighted by molar-refractivity contribution is -0.121. The van der Waals surface area contributed by atoms with Crippen LogP contribution in [0.4, 0.5) is 5.69 Å². The Labute approximate surface area is 126 Å². The minimum Gasteiger partial charge on any atom is -0.397 e. The number of aromatic nitrogens is 1. The predicted octanol–water partition coefficient (Wildman–Crippen LogP) is 1.52. The molecule has 0 aliphatic rings. The number of hydrogen-bond acceptors (Lipinski definition) is 5. The van der Waals surface area contributed by atoms with E-state index in [-0.39, 0.29) is 30.8 Å². The number of carbonyl (C=O) groups excluding carboxylic acids is 2. The monoisotopic (exact) mass is 306 g/mol. The van der Waals surface area contributed by atoms with E-state index in [0.717, 1.165) is 10.2 Å². The maximum absolute atomic E-state index is 12.1. The van der Waals surface area contributed by atoms with Crippen molar-refractivity contribution in [3.8, 4) is 0 Å². The van der Waals surface area contributed by atoms with E-state index in [0.29, 0.717) is 10.6 Å². The first-order valence-electron chi connectivity index (χ1n) is 6.69. The zero-order chi connectivity index (χ0) is 15.4. The lowest BCUT2D eigenvalue weighted by Gasteiger charge is -2.08. The third-order valence-corrected chi connectivity index (χ3v) is 3.93. The number of nitrogens with one attached hydrogen (secondary N) is 2. The van der Waals surface area contributed by atoms with Crippen molar-refractivity contribution in [2.45, 2.75) is 26.3 Å². The Bertz CT molecular complexity index is 666. The van der Waals surface area contributed by atoms with Crippen molar-refractivity contribution in [3.05, 3.63) is 23.2 Å². The molecule has 2 amide bonds. The summed E-state index contributed by atoms with van der Waals surface area (Å²) in [5.74, 6) is -0.357. The Morgan fingerprint density at radius 2 is 2.19 bits per heavy atom. The van der Waals surface area contributed by atoms with Gasteiger partial charge in [-0.05, 0) is 26.0 Å². The van der Waals surface area contributed by atoms with Crippen molar-refractivity contribution < 1.29 is 9.59 Å². The van der Waals surface area contributed by atoms with Crippen LogP contribution >= 0.6 is 11.3 Å². The second kappa shape index (κ2) is 6.53. The van der Waals surface area contributed by atoms with Crippen molar-refractivity contribution >= 4 is 39.1 Å². The van der Waals surface area contributed by atoms with Gasteiger partial charge in [0.1, 0.15) is 9.71 Å². The fraction of sp³-hybridized carbons (Fsp3) is 0.357. The van der Waals surface area contributed by atoms with Gasteiger partial charge in [0.2, 0.25) is 5.91 Å². The van der Waals surface area contributed by atoms with Crippen LogP contribution in [-0.4, -0.2) is 29.4 Å². The first-order chi connectivity index (χ1) is 9.99. The Morgan fingerprint density at radius 1 is 1.43 bits per heavy atom. The number of nitrogens with two attached hydrogens (primary N) is 1. The first-order valence-corrected chi connectivity index (χ1v) is 7.51. The molecule has 6 nitrogen and oxygen atoms in total. The van der Waals surface area contributed by atoms with Gasteiger partial charge in [-0.3, -0.25) is 9.59 Å². The number of rotatable bonds is 5. The van der Waals surface area contributed by atoms with Crippen LogP contribution in [0.25, 0.3) is 10.2 Å². The van der Waals surface area contributed by atoms with Crippen LogP contribution in [-0.2, 0) is 4.79 Å². The van der Waals surface area contributed by atoms with Crippen LogP contribution in [0.15, 0.2) is 18.3 Å². The Balaban J connectivity index is 1.96. The van der Waals surface area contributed by atoms with Gasteiger partial charge in [0.25, 0.3) is 5.91 Å². The summed E-state index contributed by atoms with van der Waals surface area (Å²) in [4.78, 5) is 28.9. The molecule has 0 aliphatic heterocycles. The molecule has 0 aromatic carbocycles. The molecule has 2 heterocycles. The zero-order valence-electron chi connectivity index (χ0n) is 12.0. The molecule has 4 N–H and O–H groups in total. The molecule has 7 heteroatoms. The van der Waals surface area contributed by atoms with Crippen molar-refractivity contribution in [2.24, 2.45) is 0 Å². The molecule has 112 valence electrons. The van der Waals surface area contributed by atoms with E-state index in [2.05, 4.69) is 15.6 Å². The molecule has 0 radical (unpaired) electrons. The molecule has 0 unspecified atom stereocenters. The van der Waals surface area contributed by atoms with Gasteiger partial charge in [-0.2, -0.15) is 0 Å². The standard InChI is InChI=1S/C14H18N4O2S/c1-8(2)18-10(19)5-7-16-13(20)12-11(15)9-4-3-6-17-14(9)21-12/h3-4,6,8H,5,7,15H2,1-2H3,(H,16,20)(H,18,19). The topological polar surface area (TPSA) is 97.1 Å². The fourth-order valence-corrected chi connectivity index (χ4v) is 2.86. The zero-order valence-corrected chi connectivity index (χ0v) is 12.8. The maximum Gasteiger partial charge on any atom is 0.263 e. The fourth-order valence-electron chi connectivity index (χ4n) is 1.88. The van der Waals surface area contributed by atoms with E-state index < -0.39 is 0 Å². The minimum atomic E-state index is -0.271. The normalized spacial score (nSPS) is 10.8. The Morgan fingerprint density at radius 3 is 2.86 bits per heavy atom. The van der Waals surface area contributed by atoms with E-state index in [1.54, 1.807) is 12.3 Å². The second-order valence-corrected chi connectivity index (χ2v) is 5.93. The molecule has 0 aliphatic carbocycles. The summed E-state index contributed by atoms with van der Waals surface area (Å²) < 4.78 is 0. The molecule has 0 spiro atoms. The van der Waals surface area contributed by atoms with Crippen LogP contribution in [0.1, 0.15) is 29.9 Å². The number of amides is 2. The maximum atomic E-state index is 12.1. The van der Waals surface area contributed by atoms with Crippen LogP contribution < -0.4 is 16.4 Å². The summed E-state index contributed by atoms with van der Waals surface area (Å²) in [6.45, 7) is 4.06. The SMILES string of the molecule is CC(C)NC(=O)CCNC(=O)c1sc2ncccc2c1N. The number of nitrogens with zero attached hydrogens (tertiary/aromatic N) is 1. The molecule has 2 aromatic heterocycles. The number of nitrogen functional groups attached to an aromatic ring is 1. The average molecular weight is 306 g/mol. The molecule has 21 heavy (non-hydrogen) atoms. The van der Waals surface area contributed by atoms with Gasteiger partial charge < -0.3 is 16.4 Å². The van der Waals surface area contributed by atoms with Crippen molar-refractivity contribution in [2.75, 3.05) is 12.3 Å². The quantitative estimate of drug-likeness (QED) is 0.780. The largest absolute Gasteiger partial charge is 0.397 e. The highest BCUT2D eigenvalue weighted by molar-refractivity contribution is 7.21. The minimum absolute atomic E-state index is 0.0868. The number of carbonyl (C=O) groups is 2. The lowest BCUT2D eigenvalue weighted by Crippen LogP contribution is -2.34. The van der Waals surface area contributed by atoms with Gasteiger partial charge in [0, 0.05) is 30.6 Å². The van der Waals surface area contributed by atoms with Gasteiger partial charge >= 0.3 is 0 Å². The molecule has 2 rings (SSSR count). The number of hydrogen-bond donors (Lipinski definition) is 3. The third kappa shape index (κ3) is 3.69. The lowest BCUT2D eigenvalue weighted by atomic mass is 10.2. The van der Waals surface area contributed by atoms with E-state index in [4.69, 9.17) is 5.73 Å². The molecule has 0 saturated carbocycles. The molecule has 0 atom stereocenters. The summed E-state index contributed by atoms with van der Waals surface area (Å²) >= 11 is 1.25. The molecule has 0 fully saturated rings. The molecule has 2 aromatic rings. The third-order valence-electron chi connectivity index (χ3n) is 2.80. The summed E-state index contributed by atoms with van der Waals surface area (Å²) in [5.41, 5.74) is 6.40. The highest BCUT2D eigenvalue weighted by Gasteiger charge is 2.16. The Kier molecular flexibility index (Phi) is 4.74. The summed E-state index contributed by atoms with van der Waals surface area (Å²) in [6.07, 6.45) is 1.91. The van der Waals surface area contributed by atoms with Crippen LogP contribution in [0.2, 0.25) is 0 Å². The highest BCUT2D eigenvalue weighted by Crippen LogP contribution is 2.31. The summed E-state index contributed by atoms with van der Waals surface area (Å²) in [5, 5.41) is 6.26. The van der Waals surface area contributed by atoms with E-state index >= 15 is 0 Å². The number of thiophene rings is 1.